The van der Waals surface area contributed by atoms with Crippen LogP contribution in [0.2, 0.25) is 0 Å². The molecule has 0 atom stereocenters. The predicted octanol–water partition coefficient (Wildman–Crippen LogP) is 1.20. The molecule has 29 heavy (non-hydrogen) atoms. The molecule has 0 saturated carbocycles. The summed E-state index contributed by atoms with van der Waals surface area (Å²) in [5.74, 6) is -4.94. The number of halogens is 3. The van der Waals surface area contributed by atoms with Gasteiger partial charge in [0.1, 0.15) is 30.3 Å². The van der Waals surface area contributed by atoms with E-state index in [-0.39, 0.29) is 42.8 Å². The SMILES string of the molecule is O=C1CN(c2c(O)cc3ccc(OCCN4CC(F)(F)C4)cc3c2F)S(=O)(=O)N1. The lowest BCUT2D eigenvalue weighted by Gasteiger charge is -2.38. The van der Waals surface area contributed by atoms with Gasteiger partial charge >= 0.3 is 10.2 Å². The molecule has 2 fully saturated rings. The fourth-order valence-electron chi connectivity index (χ4n) is 3.34. The molecule has 4 rings (SSSR count). The van der Waals surface area contributed by atoms with Gasteiger partial charge in [-0.3, -0.25) is 9.69 Å². The van der Waals surface area contributed by atoms with Crippen molar-refractivity contribution in [1.82, 2.24) is 9.62 Å². The number of nitrogens with one attached hydrogen (secondary N) is 1. The molecule has 12 heteroatoms. The van der Waals surface area contributed by atoms with Gasteiger partial charge < -0.3 is 9.84 Å². The Labute approximate surface area is 163 Å². The lowest BCUT2D eigenvalue weighted by molar-refractivity contribution is -0.132. The molecule has 0 aliphatic carbocycles. The molecule has 1 amide bonds. The number of hydrogen-bond acceptors (Lipinski definition) is 6. The topological polar surface area (TPSA) is 99.2 Å². The summed E-state index contributed by atoms with van der Waals surface area (Å²) < 4.78 is 72.4. The lowest BCUT2D eigenvalue weighted by Crippen LogP contribution is -2.56. The number of nitrogens with zero attached hydrogens (tertiary/aromatic N) is 2. The van der Waals surface area contributed by atoms with Crippen LogP contribution in [0.15, 0.2) is 24.3 Å². The van der Waals surface area contributed by atoms with Crippen molar-refractivity contribution in [2.45, 2.75) is 5.92 Å². The second kappa shape index (κ2) is 6.66. The molecule has 2 aliphatic rings. The number of amides is 1. The van der Waals surface area contributed by atoms with Gasteiger partial charge in [0.2, 0.25) is 0 Å². The molecule has 0 spiro atoms. The number of carbonyl (C=O) groups is 1. The van der Waals surface area contributed by atoms with Crippen LogP contribution in [-0.2, 0) is 15.0 Å². The molecule has 2 saturated heterocycles. The number of hydrogen-bond donors (Lipinski definition) is 2. The number of anilines is 1. The average molecular weight is 431 g/mol. The predicted molar refractivity (Wildman–Crippen MR) is 96.9 cm³/mol. The Morgan fingerprint density at radius 1 is 1.24 bits per heavy atom. The van der Waals surface area contributed by atoms with Crippen LogP contribution in [0.3, 0.4) is 0 Å². The van der Waals surface area contributed by atoms with Gasteiger partial charge in [-0.15, -0.1) is 0 Å². The fourth-order valence-corrected chi connectivity index (χ4v) is 4.50. The van der Waals surface area contributed by atoms with Gasteiger partial charge in [-0.05, 0) is 23.6 Å². The van der Waals surface area contributed by atoms with Gasteiger partial charge in [-0.25, -0.2) is 22.2 Å². The number of likely N-dealkylation sites (tertiary alicyclic amines) is 1. The number of benzene rings is 2. The maximum atomic E-state index is 15.1. The highest BCUT2D eigenvalue weighted by molar-refractivity contribution is 7.92. The Morgan fingerprint density at radius 2 is 1.97 bits per heavy atom. The number of ether oxygens (including phenoxy) is 1. The van der Waals surface area contributed by atoms with Crippen LogP contribution in [0.4, 0.5) is 18.9 Å². The van der Waals surface area contributed by atoms with E-state index in [0.29, 0.717) is 4.31 Å². The van der Waals surface area contributed by atoms with E-state index >= 15 is 4.39 Å². The van der Waals surface area contributed by atoms with Crippen molar-refractivity contribution in [2.24, 2.45) is 0 Å². The van der Waals surface area contributed by atoms with Crippen molar-refractivity contribution in [1.29, 1.82) is 0 Å². The van der Waals surface area contributed by atoms with E-state index in [0.717, 1.165) is 0 Å². The normalized spacial score (nSPS) is 20.5. The van der Waals surface area contributed by atoms with Crippen molar-refractivity contribution in [3.63, 3.8) is 0 Å². The minimum Gasteiger partial charge on any atom is -0.506 e. The summed E-state index contributed by atoms with van der Waals surface area (Å²) in [6.45, 7) is -0.941. The number of alkyl halides is 2. The molecule has 2 N–H and O–H groups in total. The van der Waals surface area contributed by atoms with Crippen LogP contribution in [0.25, 0.3) is 10.8 Å². The summed E-state index contributed by atoms with van der Waals surface area (Å²) >= 11 is 0. The van der Waals surface area contributed by atoms with E-state index in [1.807, 2.05) is 0 Å². The molecule has 0 unspecified atom stereocenters. The molecule has 0 radical (unpaired) electrons. The minimum absolute atomic E-state index is 0.0275. The second-order valence-corrected chi connectivity index (χ2v) is 8.49. The maximum absolute atomic E-state index is 15.1. The van der Waals surface area contributed by atoms with Gasteiger partial charge in [-0.1, -0.05) is 6.07 Å². The summed E-state index contributed by atoms with van der Waals surface area (Å²) in [7, 11) is -4.31. The number of fused-ring (bicyclic) bond motifs is 1. The Balaban J connectivity index is 1.58. The molecule has 156 valence electrons. The van der Waals surface area contributed by atoms with Gasteiger partial charge in [0.05, 0.1) is 13.1 Å². The van der Waals surface area contributed by atoms with E-state index in [2.05, 4.69) is 0 Å². The van der Waals surface area contributed by atoms with Crippen molar-refractivity contribution < 1.29 is 36.2 Å². The molecular weight excluding hydrogens is 415 g/mol. The lowest BCUT2D eigenvalue weighted by atomic mass is 10.1. The zero-order valence-electron chi connectivity index (χ0n) is 14.9. The van der Waals surface area contributed by atoms with E-state index in [9.17, 15) is 27.1 Å². The highest BCUT2D eigenvalue weighted by Gasteiger charge is 2.43. The van der Waals surface area contributed by atoms with Crippen molar-refractivity contribution in [3.8, 4) is 11.5 Å². The third-order valence-corrected chi connectivity index (χ3v) is 6.04. The number of phenolic OH excluding ortho intramolecular Hbond substituents is 1. The van der Waals surface area contributed by atoms with Gasteiger partial charge in [0.15, 0.2) is 5.82 Å². The third kappa shape index (κ3) is 3.65. The monoisotopic (exact) mass is 431 g/mol. The Bertz CT molecular complexity index is 1100. The first-order valence-corrected chi connectivity index (χ1v) is 10.0. The summed E-state index contributed by atoms with van der Waals surface area (Å²) in [4.78, 5) is 12.9. The molecule has 2 aliphatic heterocycles. The largest absolute Gasteiger partial charge is 0.506 e. The highest BCUT2D eigenvalue weighted by Crippen LogP contribution is 2.39. The van der Waals surface area contributed by atoms with Crippen LogP contribution >= 0.6 is 0 Å². The number of phenols is 1. The minimum atomic E-state index is -4.31. The summed E-state index contributed by atoms with van der Waals surface area (Å²) in [6, 6.07) is 5.48. The zero-order valence-corrected chi connectivity index (χ0v) is 15.7. The van der Waals surface area contributed by atoms with E-state index < -0.39 is 45.8 Å². The van der Waals surface area contributed by atoms with Crippen molar-refractivity contribution in [3.05, 3.63) is 30.1 Å². The summed E-state index contributed by atoms with van der Waals surface area (Å²) in [5.41, 5.74) is -0.643. The van der Waals surface area contributed by atoms with Crippen LogP contribution in [0.1, 0.15) is 0 Å². The molecular formula is C17H16F3N3O5S. The highest BCUT2D eigenvalue weighted by atomic mass is 32.2. The third-order valence-electron chi connectivity index (χ3n) is 4.66. The second-order valence-electron chi connectivity index (χ2n) is 6.89. The maximum Gasteiger partial charge on any atom is 0.326 e. The van der Waals surface area contributed by atoms with Crippen LogP contribution in [-0.4, -0.2) is 63.0 Å². The first-order valence-electron chi connectivity index (χ1n) is 8.57. The quantitative estimate of drug-likeness (QED) is 0.738. The number of aromatic hydroxyl groups is 1. The zero-order chi connectivity index (χ0) is 21.0. The van der Waals surface area contributed by atoms with E-state index in [1.165, 1.54) is 29.2 Å². The Kier molecular flexibility index (Phi) is 4.50. The van der Waals surface area contributed by atoms with Crippen LogP contribution in [0.5, 0.6) is 11.5 Å². The summed E-state index contributed by atoms with van der Waals surface area (Å²) in [6.07, 6.45) is 0. The fraction of sp³-hybridized carbons (Fsp3) is 0.353. The van der Waals surface area contributed by atoms with E-state index in [4.69, 9.17) is 4.74 Å². The van der Waals surface area contributed by atoms with Crippen LogP contribution in [0, 0.1) is 5.82 Å². The molecule has 0 aromatic heterocycles. The standard InChI is InChI=1S/C17H16F3N3O5S/c18-15-12-6-11(28-4-3-22-8-17(19,20)9-22)2-1-10(12)5-13(24)16(15)23-7-14(25)21-29(23,26)27/h1-2,5-6,24H,3-4,7-9H2,(H,21,25). The Hall–Kier alpha value is -2.73. The molecule has 2 aromatic carbocycles. The molecule has 8 nitrogen and oxygen atoms in total. The van der Waals surface area contributed by atoms with Gasteiger partial charge in [-0.2, -0.15) is 8.42 Å². The average Bonchev–Trinajstić information content (AvgIpc) is 2.86. The van der Waals surface area contributed by atoms with Crippen molar-refractivity contribution >= 4 is 32.6 Å². The first kappa shape index (κ1) is 19.6. The number of rotatable bonds is 5. The van der Waals surface area contributed by atoms with Crippen LogP contribution < -0.4 is 13.8 Å². The molecule has 2 heterocycles. The molecule has 0 bridgehead atoms. The smallest absolute Gasteiger partial charge is 0.326 e. The van der Waals surface area contributed by atoms with Gasteiger partial charge in [0.25, 0.3) is 11.8 Å². The number of carbonyl (C=O) groups excluding carboxylic acids is 1. The molecule has 2 aromatic rings. The van der Waals surface area contributed by atoms with Crippen molar-refractivity contribution in [2.75, 3.05) is 37.1 Å². The Morgan fingerprint density at radius 3 is 2.59 bits per heavy atom. The first-order chi connectivity index (χ1) is 13.6. The van der Waals surface area contributed by atoms with E-state index in [1.54, 1.807) is 4.72 Å². The van der Waals surface area contributed by atoms with Gasteiger partial charge in [0, 0.05) is 11.9 Å². The summed E-state index contributed by atoms with van der Waals surface area (Å²) in [5, 5.41) is 10.4.